The van der Waals surface area contributed by atoms with Gasteiger partial charge < -0.3 is 14.5 Å². The molecule has 2 aromatic heterocycles. The van der Waals surface area contributed by atoms with Crippen molar-refractivity contribution in [2.24, 2.45) is 0 Å². The monoisotopic (exact) mass is 478 g/mol. The Morgan fingerprint density at radius 3 is 2.72 bits per heavy atom. The molecule has 0 spiro atoms. The zero-order valence-electron chi connectivity index (χ0n) is 20.5. The van der Waals surface area contributed by atoms with Crippen LogP contribution in [0.1, 0.15) is 54.7 Å². The molecule has 0 saturated heterocycles. The zero-order valence-corrected chi connectivity index (χ0v) is 20.5. The normalized spacial score (nSPS) is 14.9. The summed E-state index contributed by atoms with van der Waals surface area (Å²) >= 11 is 0. The molecule has 1 unspecified atom stereocenters. The van der Waals surface area contributed by atoms with Crippen molar-refractivity contribution in [1.29, 1.82) is 5.26 Å². The largest absolute Gasteiger partial charge is 0.345 e. The van der Waals surface area contributed by atoms with Gasteiger partial charge in [0.15, 0.2) is 0 Å². The Labute approximate surface area is 211 Å². The van der Waals surface area contributed by atoms with E-state index in [4.69, 9.17) is 10.2 Å². The summed E-state index contributed by atoms with van der Waals surface area (Å²) < 4.78 is 2.22. The van der Waals surface area contributed by atoms with Crippen molar-refractivity contribution in [3.8, 4) is 17.3 Å². The molecule has 7 heteroatoms. The van der Waals surface area contributed by atoms with E-state index < -0.39 is 0 Å². The van der Waals surface area contributed by atoms with Gasteiger partial charge in [0, 0.05) is 36.6 Å². The van der Waals surface area contributed by atoms with Crippen molar-refractivity contribution in [3.05, 3.63) is 95.5 Å². The second kappa shape index (κ2) is 10.6. The molecule has 0 bridgehead atoms. The van der Waals surface area contributed by atoms with Gasteiger partial charge in [0.05, 0.1) is 36.3 Å². The lowest BCUT2D eigenvalue weighted by Crippen LogP contribution is -2.47. The minimum Gasteiger partial charge on any atom is -0.345 e. The summed E-state index contributed by atoms with van der Waals surface area (Å²) in [6.07, 6.45) is 7.96. The maximum absolute atomic E-state index is 13.5. The van der Waals surface area contributed by atoms with E-state index in [2.05, 4.69) is 45.9 Å². The highest BCUT2D eigenvalue weighted by Gasteiger charge is 2.31. The van der Waals surface area contributed by atoms with Crippen molar-refractivity contribution < 1.29 is 4.79 Å². The molecule has 3 heterocycles. The third-order valence-corrected chi connectivity index (χ3v) is 6.78. The Hall–Kier alpha value is -4.18. The molecule has 1 N–H and O–H groups in total. The average Bonchev–Trinajstić information content (AvgIpc) is 3.54. The van der Waals surface area contributed by atoms with Gasteiger partial charge in [-0.2, -0.15) is 5.26 Å². The summed E-state index contributed by atoms with van der Waals surface area (Å²) in [6.45, 7) is 3.48. The zero-order chi connectivity index (χ0) is 24.9. The lowest BCUT2D eigenvalue weighted by Gasteiger charge is -2.36. The number of nitrogens with zero attached hydrogens (tertiary/aromatic N) is 5. The molecule has 1 atom stereocenters. The summed E-state index contributed by atoms with van der Waals surface area (Å²) in [4.78, 5) is 28.2. The summed E-state index contributed by atoms with van der Waals surface area (Å²) in [6, 6.07) is 20.0. The fraction of sp³-hybridized carbons (Fsp3) is 0.310. The molecule has 1 aliphatic rings. The predicted octanol–water partition coefficient (Wildman–Crippen LogP) is 4.88. The number of unbranched alkanes of at least 4 members (excludes halogenated alkanes) is 1. The van der Waals surface area contributed by atoms with E-state index in [1.54, 1.807) is 6.20 Å². The number of aromatic nitrogens is 4. The number of fused-ring (bicyclic) bond motifs is 1. The number of nitriles is 1. The van der Waals surface area contributed by atoms with E-state index >= 15 is 0 Å². The Morgan fingerprint density at radius 1 is 1.17 bits per heavy atom. The van der Waals surface area contributed by atoms with Crippen LogP contribution < -0.4 is 0 Å². The second-order valence-electron chi connectivity index (χ2n) is 9.40. The minimum absolute atomic E-state index is 0.0974. The van der Waals surface area contributed by atoms with Crippen LogP contribution in [-0.2, 0) is 30.7 Å². The first-order chi connectivity index (χ1) is 17.6. The fourth-order valence-electron chi connectivity index (χ4n) is 4.81. The Balaban J connectivity index is 1.29. The number of hydrogen-bond acceptors (Lipinski definition) is 4. The third-order valence-electron chi connectivity index (χ3n) is 6.78. The number of carbonyl (C=O) groups excluding carboxylic acids is 1. The van der Waals surface area contributed by atoms with Crippen LogP contribution in [0.4, 0.5) is 0 Å². The van der Waals surface area contributed by atoms with Gasteiger partial charge >= 0.3 is 0 Å². The number of hydrogen-bond donors (Lipinski definition) is 1. The fourth-order valence-corrected chi connectivity index (χ4v) is 4.81. The van der Waals surface area contributed by atoms with Crippen LogP contribution in [0, 0.1) is 11.3 Å². The van der Waals surface area contributed by atoms with E-state index in [-0.39, 0.29) is 18.4 Å². The van der Waals surface area contributed by atoms with Crippen molar-refractivity contribution >= 4 is 5.91 Å². The number of rotatable bonds is 8. The first kappa shape index (κ1) is 23.6. The molecular weight excluding hydrogens is 448 g/mol. The van der Waals surface area contributed by atoms with Crippen LogP contribution in [0.2, 0.25) is 0 Å². The van der Waals surface area contributed by atoms with Gasteiger partial charge in [-0.1, -0.05) is 62.2 Å². The molecule has 4 aromatic rings. The number of nitrogens with one attached hydrogen (secondary N) is 1. The number of amides is 1. The highest BCUT2D eigenvalue weighted by molar-refractivity contribution is 5.78. The molecule has 7 nitrogen and oxygen atoms in total. The highest BCUT2D eigenvalue weighted by Crippen LogP contribution is 2.26. The van der Waals surface area contributed by atoms with Gasteiger partial charge in [-0.05, 0) is 24.1 Å². The minimum atomic E-state index is 0.0974. The maximum atomic E-state index is 13.5. The van der Waals surface area contributed by atoms with E-state index in [0.717, 1.165) is 60.0 Å². The topological polar surface area (TPSA) is 90.6 Å². The molecule has 1 amide bonds. The Bertz CT molecular complexity index is 1360. The Kier molecular flexibility index (Phi) is 6.94. The summed E-state index contributed by atoms with van der Waals surface area (Å²) in [7, 11) is 0. The van der Waals surface area contributed by atoms with Gasteiger partial charge in [0.25, 0.3) is 0 Å². The Morgan fingerprint density at radius 2 is 1.97 bits per heavy atom. The van der Waals surface area contributed by atoms with Crippen LogP contribution in [0.5, 0.6) is 0 Å². The first-order valence-corrected chi connectivity index (χ1v) is 12.6. The lowest BCUT2D eigenvalue weighted by molar-refractivity contribution is -0.135. The molecule has 1 aliphatic heterocycles. The van der Waals surface area contributed by atoms with Crippen LogP contribution in [0.15, 0.2) is 67.0 Å². The standard InChI is InChI=1S/C29H30N6O/c1-2-3-9-25-18-34-19-26(23-7-5-4-6-8-23)33-28(34)20-35(25)29(36)15-24-17-31-27(32-24)14-21-10-12-22(16-30)13-11-21/h4-8,10-13,17,19,25H,2-3,9,14-15,18,20H2,1H3,(H,31,32). The number of carbonyl (C=O) groups is 1. The molecule has 182 valence electrons. The SMILES string of the molecule is CCCCC1Cn2cc(-c3ccccc3)nc2CN1C(=O)Cc1cnc(Cc2ccc(C#N)cc2)[nH]1. The maximum Gasteiger partial charge on any atom is 0.229 e. The number of benzene rings is 2. The van der Waals surface area contributed by atoms with Crippen LogP contribution in [-0.4, -0.2) is 36.4 Å². The first-order valence-electron chi connectivity index (χ1n) is 12.6. The molecule has 36 heavy (non-hydrogen) atoms. The second-order valence-corrected chi connectivity index (χ2v) is 9.40. The number of H-pyrrole nitrogens is 1. The molecule has 0 fully saturated rings. The van der Waals surface area contributed by atoms with E-state index in [9.17, 15) is 4.79 Å². The number of imidazole rings is 2. The van der Waals surface area contributed by atoms with Crippen LogP contribution in [0.25, 0.3) is 11.3 Å². The van der Waals surface area contributed by atoms with Gasteiger partial charge in [0.1, 0.15) is 11.6 Å². The van der Waals surface area contributed by atoms with Gasteiger partial charge in [-0.3, -0.25) is 4.79 Å². The van der Waals surface area contributed by atoms with E-state index in [0.29, 0.717) is 18.5 Å². The van der Waals surface area contributed by atoms with Crippen LogP contribution >= 0.6 is 0 Å². The summed E-state index contributed by atoms with van der Waals surface area (Å²) in [5, 5.41) is 8.98. The van der Waals surface area contributed by atoms with Gasteiger partial charge in [-0.15, -0.1) is 0 Å². The molecule has 0 saturated carbocycles. The summed E-state index contributed by atoms with van der Waals surface area (Å²) in [5.74, 6) is 1.84. The molecule has 0 radical (unpaired) electrons. The number of aromatic amines is 1. The quantitative estimate of drug-likeness (QED) is 0.391. The molecular formula is C29H30N6O. The van der Waals surface area contributed by atoms with E-state index in [1.165, 1.54) is 0 Å². The predicted molar refractivity (Wildman–Crippen MR) is 138 cm³/mol. The highest BCUT2D eigenvalue weighted by atomic mass is 16.2. The van der Waals surface area contributed by atoms with Gasteiger partial charge in [0.2, 0.25) is 5.91 Å². The van der Waals surface area contributed by atoms with Crippen molar-refractivity contribution in [3.63, 3.8) is 0 Å². The van der Waals surface area contributed by atoms with Crippen molar-refractivity contribution in [1.82, 2.24) is 24.4 Å². The molecule has 5 rings (SSSR count). The van der Waals surface area contributed by atoms with E-state index in [1.807, 2.05) is 47.4 Å². The van der Waals surface area contributed by atoms with Gasteiger partial charge in [-0.25, -0.2) is 9.97 Å². The van der Waals surface area contributed by atoms with Crippen LogP contribution in [0.3, 0.4) is 0 Å². The average molecular weight is 479 g/mol. The smallest absolute Gasteiger partial charge is 0.229 e. The summed E-state index contributed by atoms with van der Waals surface area (Å²) in [5.41, 5.74) is 4.57. The van der Waals surface area contributed by atoms with Crippen molar-refractivity contribution in [2.45, 2.75) is 58.2 Å². The third kappa shape index (κ3) is 5.23. The molecule has 0 aliphatic carbocycles. The van der Waals surface area contributed by atoms with Crippen molar-refractivity contribution in [2.75, 3.05) is 0 Å². The lowest BCUT2D eigenvalue weighted by atomic mass is 10.1. The molecule has 2 aromatic carbocycles.